The molecule has 0 aromatic rings. The number of nitrogens with zero attached hydrogens (tertiary/aromatic N) is 1. The maximum absolute atomic E-state index is 11.3. The van der Waals surface area contributed by atoms with Gasteiger partial charge < -0.3 is 16.0 Å². The molecule has 0 unspecified atom stereocenters. The van der Waals surface area contributed by atoms with Crippen molar-refractivity contribution in [3.05, 3.63) is 0 Å². The van der Waals surface area contributed by atoms with Crippen LogP contribution < -0.4 is 16.0 Å². The van der Waals surface area contributed by atoms with E-state index in [0.29, 0.717) is 19.0 Å². The van der Waals surface area contributed by atoms with E-state index in [1.165, 1.54) is 0 Å². The molecule has 0 saturated heterocycles. The monoisotopic (exact) mass is 370 g/mol. The molecule has 0 aliphatic rings. The van der Waals surface area contributed by atoms with E-state index in [1.54, 1.807) is 0 Å². The van der Waals surface area contributed by atoms with E-state index in [2.05, 4.69) is 34.8 Å². The normalized spacial score (nSPS) is 10.8. The fourth-order valence-electron chi connectivity index (χ4n) is 1.22. The van der Waals surface area contributed by atoms with E-state index in [9.17, 15) is 4.79 Å². The first-order chi connectivity index (χ1) is 8.10. The lowest BCUT2D eigenvalue weighted by molar-refractivity contribution is -0.120. The predicted molar refractivity (Wildman–Crippen MR) is 87.6 cm³/mol. The van der Waals surface area contributed by atoms with Crippen LogP contribution in [-0.2, 0) is 4.79 Å². The van der Waals surface area contributed by atoms with Crippen LogP contribution in [0.3, 0.4) is 0 Å². The third-order valence-electron chi connectivity index (χ3n) is 1.95. The van der Waals surface area contributed by atoms with Gasteiger partial charge in [0.1, 0.15) is 0 Å². The van der Waals surface area contributed by atoms with Crippen molar-refractivity contribution in [2.45, 2.75) is 46.6 Å². The third-order valence-corrected chi connectivity index (χ3v) is 1.95. The Morgan fingerprint density at radius 2 is 1.89 bits per heavy atom. The van der Waals surface area contributed by atoms with Crippen LogP contribution in [0.4, 0.5) is 0 Å². The third kappa shape index (κ3) is 11.9. The number of halogens is 1. The topological polar surface area (TPSA) is 65.5 Å². The number of carbonyl (C=O) groups is 1. The Morgan fingerprint density at radius 1 is 1.22 bits per heavy atom. The summed E-state index contributed by atoms with van der Waals surface area (Å²) in [7, 11) is 0. The van der Waals surface area contributed by atoms with Crippen LogP contribution >= 0.6 is 24.0 Å². The minimum atomic E-state index is 0. The molecule has 6 heteroatoms. The molecule has 0 atom stereocenters. The highest BCUT2D eigenvalue weighted by Gasteiger charge is 2.01. The molecule has 1 amide bonds. The van der Waals surface area contributed by atoms with Gasteiger partial charge in [-0.2, -0.15) is 0 Å². The van der Waals surface area contributed by atoms with Gasteiger partial charge in [-0.05, 0) is 27.2 Å². The second-order valence-electron chi connectivity index (χ2n) is 4.16. The highest BCUT2D eigenvalue weighted by molar-refractivity contribution is 14.0. The number of carbonyl (C=O) groups excluding carboxylic acids is 1. The first-order valence-electron chi connectivity index (χ1n) is 6.41. The first-order valence-corrected chi connectivity index (χ1v) is 6.41. The number of hydrogen-bond acceptors (Lipinski definition) is 2. The maximum atomic E-state index is 11.3. The van der Waals surface area contributed by atoms with Gasteiger partial charge >= 0.3 is 0 Å². The van der Waals surface area contributed by atoms with Gasteiger partial charge in [-0.15, -0.1) is 24.0 Å². The molecule has 3 N–H and O–H groups in total. The summed E-state index contributed by atoms with van der Waals surface area (Å²) in [6, 6.07) is 0.335. The summed E-state index contributed by atoms with van der Waals surface area (Å²) in [6.07, 6.45) is 1.40. The van der Waals surface area contributed by atoms with E-state index in [0.717, 1.165) is 25.5 Å². The molecule has 0 aromatic heterocycles. The molecule has 0 rings (SSSR count). The average Bonchev–Trinajstić information content (AvgIpc) is 2.25. The molecule has 0 spiro atoms. The van der Waals surface area contributed by atoms with E-state index < -0.39 is 0 Å². The van der Waals surface area contributed by atoms with Gasteiger partial charge in [-0.1, -0.05) is 6.92 Å². The molecule has 0 bridgehead atoms. The van der Waals surface area contributed by atoms with E-state index >= 15 is 0 Å². The zero-order chi connectivity index (χ0) is 13.1. The summed E-state index contributed by atoms with van der Waals surface area (Å²) in [4.78, 5) is 15.7. The summed E-state index contributed by atoms with van der Waals surface area (Å²) in [5.41, 5.74) is 0. The Balaban J connectivity index is 0. The minimum Gasteiger partial charge on any atom is -0.357 e. The zero-order valence-electron chi connectivity index (χ0n) is 11.9. The standard InChI is InChI=1S/C12H26N4O.HI/c1-5-8-14-11(17)7-9-15-12(13-6-2)16-10(3)4;/h10H,5-9H2,1-4H3,(H,14,17)(H2,13,15,16);1H. The Morgan fingerprint density at radius 3 is 2.39 bits per heavy atom. The van der Waals surface area contributed by atoms with Crippen molar-refractivity contribution in [2.75, 3.05) is 19.6 Å². The summed E-state index contributed by atoms with van der Waals surface area (Å²) in [5.74, 6) is 0.835. The fraction of sp³-hybridized carbons (Fsp3) is 0.833. The van der Waals surface area contributed by atoms with Gasteiger partial charge in [0.15, 0.2) is 5.96 Å². The molecular weight excluding hydrogens is 343 g/mol. The second-order valence-corrected chi connectivity index (χ2v) is 4.16. The minimum absolute atomic E-state index is 0. The van der Waals surface area contributed by atoms with Crippen molar-refractivity contribution in [1.29, 1.82) is 0 Å². The Labute approximate surface area is 128 Å². The zero-order valence-corrected chi connectivity index (χ0v) is 14.2. The number of hydrogen-bond donors (Lipinski definition) is 3. The average molecular weight is 370 g/mol. The number of guanidine groups is 1. The molecule has 0 heterocycles. The van der Waals surface area contributed by atoms with Gasteiger partial charge in [0.05, 0.1) is 6.54 Å². The molecule has 5 nitrogen and oxygen atoms in total. The SMILES string of the molecule is CCCNC(=O)CCN=C(NCC)NC(C)C.I. The smallest absolute Gasteiger partial charge is 0.221 e. The van der Waals surface area contributed by atoms with E-state index in [4.69, 9.17) is 0 Å². The Hall–Kier alpha value is -0.530. The summed E-state index contributed by atoms with van der Waals surface area (Å²) >= 11 is 0. The molecule has 0 aliphatic heterocycles. The first kappa shape index (κ1) is 19.8. The maximum Gasteiger partial charge on any atom is 0.221 e. The van der Waals surface area contributed by atoms with E-state index in [-0.39, 0.29) is 29.9 Å². The lowest BCUT2D eigenvalue weighted by atomic mass is 10.4. The van der Waals surface area contributed by atoms with Crippen molar-refractivity contribution < 1.29 is 4.79 Å². The Bertz CT molecular complexity index is 244. The highest BCUT2D eigenvalue weighted by atomic mass is 127. The molecule has 0 aliphatic carbocycles. The largest absolute Gasteiger partial charge is 0.357 e. The number of nitrogens with one attached hydrogen (secondary N) is 3. The molecule has 0 saturated carbocycles. The summed E-state index contributed by atoms with van der Waals surface area (Å²) in [5, 5.41) is 9.17. The van der Waals surface area contributed by atoms with Gasteiger partial charge in [0, 0.05) is 25.6 Å². The van der Waals surface area contributed by atoms with Crippen LogP contribution in [0.1, 0.15) is 40.5 Å². The van der Waals surface area contributed by atoms with Gasteiger partial charge in [0.2, 0.25) is 5.91 Å². The number of aliphatic imine (C=N–C) groups is 1. The van der Waals surface area contributed by atoms with Crippen LogP contribution in [0.25, 0.3) is 0 Å². The molecule has 108 valence electrons. The second kappa shape index (κ2) is 12.9. The van der Waals surface area contributed by atoms with Crippen LogP contribution in [0.5, 0.6) is 0 Å². The van der Waals surface area contributed by atoms with Gasteiger partial charge in [-0.25, -0.2) is 0 Å². The molecule has 0 fully saturated rings. The molecule has 18 heavy (non-hydrogen) atoms. The van der Waals surface area contributed by atoms with Gasteiger partial charge in [-0.3, -0.25) is 9.79 Å². The van der Waals surface area contributed by atoms with Crippen LogP contribution in [0.2, 0.25) is 0 Å². The number of amides is 1. The quantitative estimate of drug-likeness (QED) is 0.361. The summed E-state index contributed by atoms with van der Waals surface area (Å²) in [6.45, 7) is 10.2. The van der Waals surface area contributed by atoms with Crippen molar-refractivity contribution in [3.8, 4) is 0 Å². The van der Waals surface area contributed by atoms with Crippen LogP contribution in [0, 0.1) is 0 Å². The van der Waals surface area contributed by atoms with E-state index in [1.807, 2.05) is 13.8 Å². The molecule has 0 aromatic carbocycles. The van der Waals surface area contributed by atoms with Crippen molar-refractivity contribution >= 4 is 35.8 Å². The summed E-state index contributed by atoms with van der Waals surface area (Å²) < 4.78 is 0. The molecule has 0 radical (unpaired) electrons. The lowest BCUT2D eigenvalue weighted by Crippen LogP contribution is -2.41. The van der Waals surface area contributed by atoms with Crippen molar-refractivity contribution in [2.24, 2.45) is 4.99 Å². The van der Waals surface area contributed by atoms with Crippen LogP contribution in [-0.4, -0.2) is 37.5 Å². The van der Waals surface area contributed by atoms with Crippen molar-refractivity contribution in [1.82, 2.24) is 16.0 Å². The predicted octanol–water partition coefficient (Wildman–Crippen LogP) is 1.48. The van der Waals surface area contributed by atoms with Crippen molar-refractivity contribution in [3.63, 3.8) is 0 Å². The molecular formula is C12H27IN4O. The fourth-order valence-corrected chi connectivity index (χ4v) is 1.22. The number of rotatable bonds is 7. The lowest BCUT2D eigenvalue weighted by Gasteiger charge is -2.13. The highest BCUT2D eigenvalue weighted by Crippen LogP contribution is 1.85. The Kier molecular flexibility index (Phi) is 14.2. The van der Waals surface area contributed by atoms with Crippen LogP contribution in [0.15, 0.2) is 4.99 Å². The van der Waals surface area contributed by atoms with Gasteiger partial charge in [0.25, 0.3) is 0 Å².